The summed E-state index contributed by atoms with van der Waals surface area (Å²) in [5.74, 6) is -0.435. The fraction of sp³-hybridized carbons (Fsp3) is 0.286. The molecule has 8 heteroatoms. The molecule has 22 heavy (non-hydrogen) atoms. The van der Waals surface area contributed by atoms with Crippen LogP contribution in [-0.4, -0.2) is 22.4 Å². The lowest BCUT2D eigenvalue weighted by Crippen LogP contribution is -2.35. The summed E-state index contributed by atoms with van der Waals surface area (Å²) in [6.45, 7) is -0.0746. The fourth-order valence-corrected chi connectivity index (χ4v) is 2.63. The lowest BCUT2D eigenvalue weighted by molar-refractivity contribution is -0.139. The standard InChI is InChI=1S/C14H13F3N2O2S/c1-18(8-10-4-3-7-22-10)12(20)9-19-6-2-5-11(13(19)21)14(15,16)17/h2-7H,8-9H2,1H3. The second-order valence-corrected chi connectivity index (χ2v) is 5.71. The second-order valence-electron chi connectivity index (χ2n) is 4.68. The van der Waals surface area contributed by atoms with Gasteiger partial charge in [-0.15, -0.1) is 11.3 Å². The van der Waals surface area contributed by atoms with Crippen molar-refractivity contribution in [3.05, 3.63) is 56.6 Å². The van der Waals surface area contributed by atoms with Gasteiger partial charge in [-0.25, -0.2) is 0 Å². The topological polar surface area (TPSA) is 42.3 Å². The van der Waals surface area contributed by atoms with Crippen molar-refractivity contribution >= 4 is 17.2 Å². The van der Waals surface area contributed by atoms with E-state index in [1.807, 2.05) is 17.5 Å². The first kappa shape index (κ1) is 16.3. The summed E-state index contributed by atoms with van der Waals surface area (Å²) in [6.07, 6.45) is -3.56. The van der Waals surface area contributed by atoms with Gasteiger partial charge in [0.15, 0.2) is 0 Å². The minimum atomic E-state index is -4.73. The highest BCUT2D eigenvalue weighted by Gasteiger charge is 2.34. The molecular weight excluding hydrogens is 317 g/mol. The minimum Gasteiger partial charge on any atom is -0.339 e. The molecule has 2 aromatic heterocycles. The van der Waals surface area contributed by atoms with Crippen LogP contribution in [0.4, 0.5) is 13.2 Å². The van der Waals surface area contributed by atoms with E-state index in [1.54, 1.807) is 7.05 Å². The largest absolute Gasteiger partial charge is 0.421 e. The summed E-state index contributed by atoms with van der Waals surface area (Å²) in [6, 6.07) is 5.51. The molecule has 0 aliphatic heterocycles. The Kier molecular flexibility index (Phi) is 4.70. The third kappa shape index (κ3) is 3.76. The Labute approximate surface area is 128 Å². The molecule has 0 radical (unpaired) electrons. The zero-order valence-electron chi connectivity index (χ0n) is 11.6. The highest BCUT2D eigenvalue weighted by Crippen LogP contribution is 2.25. The van der Waals surface area contributed by atoms with Gasteiger partial charge in [-0.05, 0) is 23.6 Å². The van der Waals surface area contributed by atoms with Crippen LogP contribution in [0, 0.1) is 0 Å². The molecule has 0 saturated heterocycles. The number of hydrogen-bond acceptors (Lipinski definition) is 3. The number of thiophene rings is 1. The van der Waals surface area contributed by atoms with Gasteiger partial charge < -0.3 is 9.47 Å². The Balaban J connectivity index is 2.13. The third-order valence-electron chi connectivity index (χ3n) is 3.03. The number of amides is 1. The number of aromatic nitrogens is 1. The van der Waals surface area contributed by atoms with Crippen molar-refractivity contribution in [3.63, 3.8) is 0 Å². The molecule has 0 aliphatic carbocycles. The number of pyridine rings is 1. The van der Waals surface area contributed by atoms with Gasteiger partial charge in [-0.3, -0.25) is 9.59 Å². The lowest BCUT2D eigenvalue weighted by Gasteiger charge is -2.17. The number of alkyl halides is 3. The average Bonchev–Trinajstić information content (AvgIpc) is 2.92. The Morgan fingerprint density at radius 2 is 2.05 bits per heavy atom. The van der Waals surface area contributed by atoms with Crippen LogP contribution < -0.4 is 5.56 Å². The molecule has 0 spiro atoms. The average molecular weight is 330 g/mol. The smallest absolute Gasteiger partial charge is 0.339 e. The van der Waals surface area contributed by atoms with Gasteiger partial charge in [0.1, 0.15) is 12.1 Å². The van der Waals surface area contributed by atoms with Crippen LogP contribution in [0.5, 0.6) is 0 Å². The van der Waals surface area contributed by atoms with Crippen LogP contribution in [0.2, 0.25) is 0 Å². The summed E-state index contributed by atoms with van der Waals surface area (Å²) < 4.78 is 38.8. The molecule has 2 rings (SSSR count). The van der Waals surface area contributed by atoms with Crippen molar-refractivity contribution < 1.29 is 18.0 Å². The van der Waals surface area contributed by atoms with E-state index in [-0.39, 0.29) is 0 Å². The monoisotopic (exact) mass is 330 g/mol. The summed E-state index contributed by atoms with van der Waals surface area (Å²) in [5, 5.41) is 1.87. The van der Waals surface area contributed by atoms with E-state index in [2.05, 4.69) is 0 Å². The predicted molar refractivity (Wildman–Crippen MR) is 76.5 cm³/mol. The van der Waals surface area contributed by atoms with Crippen molar-refractivity contribution in [1.29, 1.82) is 0 Å². The quantitative estimate of drug-likeness (QED) is 0.865. The van der Waals surface area contributed by atoms with Gasteiger partial charge in [0.25, 0.3) is 5.56 Å². The van der Waals surface area contributed by atoms with E-state index in [4.69, 9.17) is 0 Å². The molecule has 0 bridgehead atoms. The number of hydrogen-bond donors (Lipinski definition) is 0. The first-order chi connectivity index (χ1) is 10.3. The summed E-state index contributed by atoms with van der Waals surface area (Å²) >= 11 is 1.47. The van der Waals surface area contributed by atoms with E-state index < -0.39 is 29.8 Å². The molecule has 118 valence electrons. The molecule has 0 fully saturated rings. The summed E-state index contributed by atoms with van der Waals surface area (Å²) in [4.78, 5) is 26.1. The Bertz CT molecular complexity index is 708. The Morgan fingerprint density at radius 3 is 2.64 bits per heavy atom. The van der Waals surface area contributed by atoms with Crippen molar-refractivity contribution in [2.75, 3.05) is 7.05 Å². The van der Waals surface area contributed by atoms with Crippen molar-refractivity contribution in [3.8, 4) is 0 Å². The van der Waals surface area contributed by atoms with E-state index in [0.29, 0.717) is 12.6 Å². The van der Waals surface area contributed by atoms with Crippen LogP contribution in [0.25, 0.3) is 0 Å². The highest BCUT2D eigenvalue weighted by molar-refractivity contribution is 7.09. The van der Waals surface area contributed by atoms with Gasteiger partial charge in [-0.1, -0.05) is 6.07 Å². The minimum absolute atomic E-state index is 0.351. The van der Waals surface area contributed by atoms with Gasteiger partial charge in [0, 0.05) is 18.1 Å². The zero-order chi connectivity index (χ0) is 16.3. The Hall–Kier alpha value is -2.09. The number of rotatable bonds is 4. The van der Waals surface area contributed by atoms with E-state index in [0.717, 1.165) is 15.5 Å². The van der Waals surface area contributed by atoms with E-state index >= 15 is 0 Å². The van der Waals surface area contributed by atoms with Crippen LogP contribution in [-0.2, 0) is 24.1 Å². The summed E-state index contributed by atoms with van der Waals surface area (Å²) in [5.41, 5.74) is -2.49. The molecule has 0 aromatic carbocycles. The normalized spacial score (nSPS) is 11.5. The number of halogens is 3. The van der Waals surface area contributed by atoms with E-state index in [9.17, 15) is 22.8 Å². The fourth-order valence-electron chi connectivity index (χ4n) is 1.87. The second kappa shape index (κ2) is 6.35. The van der Waals surface area contributed by atoms with E-state index in [1.165, 1.54) is 22.4 Å². The maximum Gasteiger partial charge on any atom is 0.421 e. The SMILES string of the molecule is CN(Cc1cccs1)C(=O)Cn1cccc(C(F)(F)F)c1=O. The molecule has 1 amide bonds. The third-order valence-corrected chi connectivity index (χ3v) is 3.89. The highest BCUT2D eigenvalue weighted by atomic mass is 32.1. The van der Waals surface area contributed by atoms with Crippen LogP contribution >= 0.6 is 11.3 Å². The summed E-state index contributed by atoms with van der Waals surface area (Å²) in [7, 11) is 1.54. The van der Waals surface area contributed by atoms with Gasteiger partial charge in [0.2, 0.25) is 5.91 Å². The van der Waals surface area contributed by atoms with Crippen molar-refractivity contribution in [2.45, 2.75) is 19.3 Å². The maximum absolute atomic E-state index is 12.7. The molecule has 2 aromatic rings. The van der Waals surface area contributed by atoms with Crippen LogP contribution in [0.15, 0.2) is 40.6 Å². The van der Waals surface area contributed by atoms with Gasteiger partial charge in [0.05, 0.1) is 6.54 Å². The molecule has 2 heterocycles. The number of nitrogens with zero attached hydrogens (tertiary/aromatic N) is 2. The molecular formula is C14H13F3N2O2S. The maximum atomic E-state index is 12.7. The number of likely N-dealkylation sites (N-methyl/N-ethyl adjacent to an activating group) is 1. The van der Waals surface area contributed by atoms with Gasteiger partial charge >= 0.3 is 6.18 Å². The first-order valence-corrected chi connectivity index (χ1v) is 7.20. The van der Waals surface area contributed by atoms with Gasteiger partial charge in [-0.2, -0.15) is 13.2 Å². The lowest BCUT2D eigenvalue weighted by atomic mass is 10.2. The van der Waals surface area contributed by atoms with Crippen molar-refractivity contribution in [1.82, 2.24) is 9.47 Å². The van der Waals surface area contributed by atoms with Crippen LogP contribution in [0.3, 0.4) is 0 Å². The number of carbonyl (C=O) groups excluding carboxylic acids is 1. The molecule has 0 saturated carbocycles. The predicted octanol–water partition coefficient (Wildman–Crippen LogP) is 2.59. The molecule has 0 atom stereocenters. The van der Waals surface area contributed by atoms with Crippen molar-refractivity contribution in [2.24, 2.45) is 0 Å². The first-order valence-electron chi connectivity index (χ1n) is 6.32. The number of carbonyl (C=O) groups is 1. The Morgan fingerprint density at radius 1 is 1.32 bits per heavy atom. The molecule has 0 unspecified atom stereocenters. The molecule has 0 N–H and O–H groups in total. The zero-order valence-corrected chi connectivity index (χ0v) is 12.4. The van der Waals surface area contributed by atoms with Crippen LogP contribution in [0.1, 0.15) is 10.4 Å². The molecule has 0 aliphatic rings. The molecule has 4 nitrogen and oxygen atoms in total.